The maximum Gasteiger partial charge on any atom is 0.0107 e. The molecule has 3 nitrogen and oxygen atoms in total. The van der Waals surface area contributed by atoms with E-state index >= 15 is 0 Å². The van der Waals surface area contributed by atoms with E-state index in [1.54, 1.807) is 0 Å². The van der Waals surface area contributed by atoms with Gasteiger partial charge in [0, 0.05) is 25.2 Å². The zero-order valence-electron chi connectivity index (χ0n) is 11.3. The Morgan fingerprint density at radius 1 is 1.38 bits per heavy atom. The van der Waals surface area contributed by atoms with Crippen LogP contribution in [0, 0.1) is 0 Å². The van der Waals surface area contributed by atoms with Crippen LogP contribution >= 0.6 is 0 Å². The van der Waals surface area contributed by atoms with E-state index < -0.39 is 0 Å². The molecule has 1 rings (SSSR count). The summed E-state index contributed by atoms with van der Waals surface area (Å²) in [6.07, 6.45) is 4.00. The number of hydrogen-bond donors (Lipinski definition) is 2. The van der Waals surface area contributed by atoms with Crippen molar-refractivity contribution in [1.29, 1.82) is 0 Å². The van der Waals surface area contributed by atoms with Crippen LogP contribution in [0.4, 0.5) is 0 Å². The van der Waals surface area contributed by atoms with Crippen LogP contribution in [0.3, 0.4) is 0 Å². The van der Waals surface area contributed by atoms with Gasteiger partial charge in [0.15, 0.2) is 0 Å². The first-order chi connectivity index (χ1) is 7.76. The van der Waals surface area contributed by atoms with Gasteiger partial charge in [0.1, 0.15) is 0 Å². The monoisotopic (exact) mass is 227 g/mol. The van der Waals surface area contributed by atoms with Gasteiger partial charge in [-0.2, -0.15) is 0 Å². The molecule has 0 amide bonds. The van der Waals surface area contributed by atoms with Crippen LogP contribution in [0.25, 0.3) is 0 Å². The Bertz CT molecular complexity index is 163. The third-order valence-electron chi connectivity index (χ3n) is 3.62. The van der Waals surface area contributed by atoms with E-state index in [1.807, 2.05) is 0 Å². The Labute approximate surface area is 101 Å². The summed E-state index contributed by atoms with van der Waals surface area (Å²) >= 11 is 0. The van der Waals surface area contributed by atoms with Crippen LogP contribution < -0.4 is 10.6 Å². The average Bonchev–Trinajstić information content (AvgIpc) is 2.77. The SMILES string of the molecule is CCN(CC)CCNC(C)CC1CCCN1. The minimum Gasteiger partial charge on any atom is -0.314 e. The van der Waals surface area contributed by atoms with Crippen molar-refractivity contribution in [2.24, 2.45) is 0 Å². The Morgan fingerprint density at radius 3 is 2.69 bits per heavy atom. The highest BCUT2D eigenvalue weighted by molar-refractivity contribution is 4.78. The first kappa shape index (κ1) is 13.9. The second-order valence-corrected chi connectivity index (χ2v) is 4.91. The number of hydrogen-bond acceptors (Lipinski definition) is 3. The molecule has 1 aliphatic heterocycles. The molecule has 0 saturated carbocycles. The lowest BCUT2D eigenvalue weighted by molar-refractivity contribution is 0.294. The van der Waals surface area contributed by atoms with E-state index in [-0.39, 0.29) is 0 Å². The largest absolute Gasteiger partial charge is 0.314 e. The summed E-state index contributed by atoms with van der Waals surface area (Å²) in [7, 11) is 0. The molecular formula is C13H29N3. The molecule has 1 aliphatic rings. The zero-order chi connectivity index (χ0) is 11.8. The van der Waals surface area contributed by atoms with Gasteiger partial charge >= 0.3 is 0 Å². The van der Waals surface area contributed by atoms with Crippen LogP contribution in [-0.2, 0) is 0 Å². The predicted octanol–water partition coefficient (Wildman–Crippen LogP) is 1.45. The van der Waals surface area contributed by atoms with Crippen molar-refractivity contribution >= 4 is 0 Å². The van der Waals surface area contributed by atoms with E-state index in [0.29, 0.717) is 6.04 Å². The summed E-state index contributed by atoms with van der Waals surface area (Å²) in [6, 6.07) is 1.40. The van der Waals surface area contributed by atoms with Crippen molar-refractivity contribution in [3.8, 4) is 0 Å². The first-order valence-electron chi connectivity index (χ1n) is 6.95. The zero-order valence-corrected chi connectivity index (χ0v) is 11.3. The van der Waals surface area contributed by atoms with E-state index in [4.69, 9.17) is 0 Å². The molecule has 2 unspecified atom stereocenters. The van der Waals surface area contributed by atoms with Crippen LogP contribution in [0.1, 0.15) is 40.0 Å². The van der Waals surface area contributed by atoms with Gasteiger partial charge in [-0.05, 0) is 45.8 Å². The smallest absolute Gasteiger partial charge is 0.0107 e. The highest BCUT2D eigenvalue weighted by atomic mass is 15.1. The molecule has 0 aromatic rings. The molecule has 0 spiro atoms. The third-order valence-corrected chi connectivity index (χ3v) is 3.62. The van der Waals surface area contributed by atoms with Crippen molar-refractivity contribution in [3.05, 3.63) is 0 Å². The molecule has 1 heterocycles. The molecule has 0 aromatic carbocycles. The van der Waals surface area contributed by atoms with Gasteiger partial charge in [-0.3, -0.25) is 0 Å². The second-order valence-electron chi connectivity index (χ2n) is 4.91. The predicted molar refractivity (Wildman–Crippen MR) is 70.9 cm³/mol. The van der Waals surface area contributed by atoms with Gasteiger partial charge in [-0.25, -0.2) is 0 Å². The van der Waals surface area contributed by atoms with Crippen LogP contribution in [-0.4, -0.2) is 49.7 Å². The van der Waals surface area contributed by atoms with Gasteiger partial charge in [0.05, 0.1) is 0 Å². The van der Waals surface area contributed by atoms with Gasteiger partial charge in [-0.15, -0.1) is 0 Å². The molecule has 3 heteroatoms. The molecular weight excluding hydrogens is 198 g/mol. The molecule has 0 bridgehead atoms. The number of nitrogens with one attached hydrogen (secondary N) is 2. The minimum atomic E-state index is 0.645. The van der Waals surface area contributed by atoms with Gasteiger partial charge in [-0.1, -0.05) is 13.8 Å². The maximum atomic E-state index is 3.63. The lowest BCUT2D eigenvalue weighted by atomic mass is 10.1. The second kappa shape index (κ2) is 8.04. The Hall–Kier alpha value is -0.120. The fourth-order valence-corrected chi connectivity index (χ4v) is 2.48. The Kier molecular flexibility index (Phi) is 7.01. The molecule has 2 N–H and O–H groups in total. The normalized spacial score (nSPS) is 22.9. The average molecular weight is 227 g/mol. The van der Waals surface area contributed by atoms with Crippen molar-refractivity contribution in [1.82, 2.24) is 15.5 Å². The maximum absolute atomic E-state index is 3.63. The summed E-state index contributed by atoms with van der Waals surface area (Å²) in [5, 5.41) is 7.19. The molecule has 0 radical (unpaired) electrons. The number of nitrogens with zero attached hydrogens (tertiary/aromatic N) is 1. The van der Waals surface area contributed by atoms with E-state index in [2.05, 4.69) is 36.3 Å². The lowest BCUT2D eigenvalue weighted by Crippen LogP contribution is -2.38. The standard InChI is InChI=1S/C13H29N3/c1-4-16(5-2)10-9-14-12(3)11-13-7-6-8-15-13/h12-15H,4-11H2,1-3H3. The summed E-state index contributed by atoms with van der Waals surface area (Å²) in [4.78, 5) is 2.47. The fraction of sp³-hybridized carbons (Fsp3) is 1.00. The van der Waals surface area contributed by atoms with Gasteiger partial charge in [0.25, 0.3) is 0 Å². The first-order valence-corrected chi connectivity index (χ1v) is 6.95. The number of rotatable bonds is 8. The van der Waals surface area contributed by atoms with Gasteiger partial charge in [0.2, 0.25) is 0 Å². The van der Waals surface area contributed by atoms with Gasteiger partial charge < -0.3 is 15.5 Å². The lowest BCUT2D eigenvalue weighted by Gasteiger charge is -2.22. The Balaban J connectivity index is 2.02. The topological polar surface area (TPSA) is 27.3 Å². The van der Waals surface area contributed by atoms with Crippen molar-refractivity contribution in [3.63, 3.8) is 0 Å². The van der Waals surface area contributed by atoms with Crippen LogP contribution in [0.5, 0.6) is 0 Å². The Morgan fingerprint density at radius 2 is 2.12 bits per heavy atom. The van der Waals surface area contributed by atoms with E-state index in [0.717, 1.165) is 25.7 Å². The van der Waals surface area contributed by atoms with E-state index in [1.165, 1.54) is 32.4 Å². The minimum absolute atomic E-state index is 0.645. The van der Waals surface area contributed by atoms with Crippen molar-refractivity contribution in [2.75, 3.05) is 32.7 Å². The molecule has 2 atom stereocenters. The molecule has 0 aliphatic carbocycles. The molecule has 1 fully saturated rings. The summed E-state index contributed by atoms with van der Waals surface area (Å²) in [6.45, 7) is 12.6. The summed E-state index contributed by atoms with van der Waals surface area (Å²) in [5.41, 5.74) is 0. The van der Waals surface area contributed by atoms with Crippen LogP contribution in [0.15, 0.2) is 0 Å². The summed E-state index contributed by atoms with van der Waals surface area (Å²) < 4.78 is 0. The number of likely N-dealkylation sites (N-methyl/N-ethyl adjacent to an activating group) is 1. The highest BCUT2D eigenvalue weighted by Crippen LogP contribution is 2.10. The van der Waals surface area contributed by atoms with Crippen LogP contribution in [0.2, 0.25) is 0 Å². The molecule has 96 valence electrons. The third kappa shape index (κ3) is 5.28. The van der Waals surface area contributed by atoms with Crippen molar-refractivity contribution < 1.29 is 0 Å². The van der Waals surface area contributed by atoms with Crippen molar-refractivity contribution in [2.45, 2.75) is 52.1 Å². The highest BCUT2D eigenvalue weighted by Gasteiger charge is 2.16. The van der Waals surface area contributed by atoms with E-state index in [9.17, 15) is 0 Å². The quantitative estimate of drug-likeness (QED) is 0.657. The molecule has 0 aromatic heterocycles. The summed E-state index contributed by atoms with van der Waals surface area (Å²) in [5.74, 6) is 0. The molecule has 16 heavy (non-hydrogen) atoms. The fourth-order valence-electron chi connectivity index (χ4n) is 2.48. The molecule has 1 saturated heterocycles.